The molecule has 0 saturated heterocycles. The number of methoxy groups -OCH3 is 1. The van der Waals surface area contributed by atoms with Crippen molar-refractivity contribution in [2.75, 3.05) is 13.7 Å². The number of hydrogen-bond donors (Lipinski definition) is 2. The fourth-order valence-electron chi connectivity index (χ4n) is 3.41. The highest BCUT2D eigenvalue weighted by Gasteiger charge is 2.26. The van der Waals surface area contributed by atoms with Gasteiger partial charge in [-0.25, -0.2) is 8.42 Å². The van der Waals surface area contributed by atoms with Crippen LogP contribution in [0.5, 0.6) is 5.75 Å². The van der Waals surface area contributed by atoms with Crippen LogP contribution in [-0.4, -0.2) is 34.0 Å². The van der Waals surface area contributed by atoms with E-state index < -0.39 is 16.1 Å². The maximum Gasteiger partial charge on any atom is 0.241 e. The van der Waals surface area contributed by atoms with Gasteiger partial charge in [0.05, 0.1) is 12.0 Å². The van der Waals surface area contributed by atoms with Crippen LogP contribution in [0.2, 0.25) is 0 Å². The third-order valence-electron chi connectivity index (χ3n) is 5.13. The maximum absolute atomic E-state index is 13.1. The zero-order valence-corrected chi connectivity index (χ0v) is 19.1. The first-order chi connectivity index (χ1) is 15.4. The van der Waals surface area contributed by atoms with E-state index in [0.29, 0.717) is 24.3 Å². The van der Waals surface area contributed by atoms with Gasteiger partial charge >= 0.3 is 0 Å². The van der Waals surface area contributed by atoms with Gasteiger partial charge in [-0.05, 0) is 54.7 Å². The zero-order chi connectivity index (χ0) is 23.0. The van der Waals surface area contributed by atoms with Crippen molar-refractivity contribution in [1.82, 2.24) is 10.0 Å². The van der Waals surface area contributed by atoms with Gasteiger partial charge in [0, 0.05) is 6.54 Å². The van der Waals surface area contributed by atoms with Crippen molar-refractivity contribution >= 4 is 15.9 Å². The van der Waals surface area contributed by atoms with Gasteiger partial charge in [-0.1, -0.05) is 60.7 Å². The Labute approximate surface area is 189 Å². The second-order valence-corrected chi connectivity index (χ2v) is 9.24. The Morgan fingerprint density at radius 2 is 1.56 bits per heavy atom. The van der Waals surface area contributed by atoms with Crippen LogP contribution in [0.3, 0.4) is 0 Å². The summed E-state index contributed by atoms with van der Waals surface area (Å²) in [5.74, 6) is 0.238. The molecule has 0 aliphatic rings. The minimum atomic E-state index is -3.92. The second-order valence-electron chi connectivity index (χ2n) is 7.52. The molecule has 0 aliphatic carbocycles. The molecule has 0 heterocycles. The maximum atomic E-state index is 13.1. The van der Waals surface area contributed by atoms with Crippen LogP contribution < -0.4 is 14.8 Å². The smallest absolute Gasteiger partial charge is 0.241 e. The fraction of sp³-hybridized carbons (Fsp3) is 0.240. The number of sulfonamides is 1. The number of nitrogens with one attached hydrogen (secondary N) is 2. The summed E-state index contributed by atoms with van der Waals surface area (Å²) in [6, 6.07) is 22.8. The van der Waals surface area contributed by atoms with E-state index in [4.69, 9.17) is 4.74 Å². The molecule has 7 heteroatoms. The summed E-state index contributed by atoms with van der Waals surface area (Å²) in [6.07, 6.45) is 0.904. The van der Waals surface area contributed by atoms with E-state index >= 15 is 0 Å². The number of rotatable bonds is 10. The van der Waals surface area contributed by atoms with Crippen molar-refractivity contribution in [2.24, 2.45) is 0 Å². The number of ether oxygens (including phenoxy) is 1. The van der Waals surface area contributed by atoms with Crippen molar-refractivity contribution in [1.29, 1.82) is 0 Å². The Bertz CT molecular complexity index is 1130. The van der Waals surface area contributed by atoms with E-state index in [1.54, 1.807) is 13.0 Å². The number of carbonyl (C=O) groups is 1. The molecule has 0 fully saturated rings. The van der Waals surface area contributed by atoms with E-state index in [0.717, 1.165) is 11.1 Å². The minimum absolute atomic E-state index is 0.0888. The van der Waals surface area contributed by atoms with Gasteiger partial charge in [-0.15, -0.1) is 0 Å². The normalized spacial score (nSPS) is 12.2. The van der Waals surface area contributed by atoms with Crippen LogP contribution in [-0.2, 0) is 27.7 Å². The first-order valence-corrected chi connectivity index (χ1v) is 11.9. The van der Waals surface area contributed by atoms with Gasteiger partial charge < -0.3 is 10.1 Å². The third kappa shape index (κ3) is 6.42. The van der Waals surface area contributed by atoms with Crippen LogP contribution in [0.15, 0.2) is 83.8 Å². The molecule has 0 aliphatic heterocycles. The van der Waals surface area contributed by atoms with Crippen molar-refractivity contribution < 1.29 is 17.9 Å². The molecule has 0 saturated carbocycles. The Kier molecular flexibility index (Phi) is 8.03. The van der Waals surface area contributed by atoms with Crippen molar-refractivity contribution in [3.63, 3.8) is 0 Å². The highest BCUT2D eigenvalue weighted by molar-refractivity contribution is 7.89. The van der Waals surface area contributed by atoms with Gasteiger partial charge in [0.15, 0.2) is 0 Å². The van der Waals surface area contributed by atoms with Crippen LogP contribution >= 0.6 is 0 Å². The molecule has 0 radical (unpaired) electrons. The second kappa shape index (κ2) is 10.9. The monoisotopic (exact) mass is 452 g/mol. The molecule has 3 aromatic carbocycles. The highest BCUT2D eigenvalue weighted by Crippen LogP contribution is 2.21. The third-order valence-corrected chi connectivity index (χ3v) is 6.60. The van der Waals surface area contributed by atoms with E-state index in [-0.39, 0.29) is 17.2 Å². The van der Waals surface area contributed by atoms with E-state index in [1.165, 1.54) is 19.2 Å². The molecule has 6 nitrogen and oxygen atoms in total. The number of benzene rings is 3. The Balaban J connectivity index is 1.75. The largest absolute Gasteiger partial charge is 0.496 e. The van der Waals surface area contributed by atoms with E-state index in [2.05, 4.69) is 10.0 Å². The molecule has 32 heavy (non-hydrogen) atoms. The summed E-state index contributed by atoms with van der Waals surface area (Å²) in [5, 5.41) is 2.87. The summed E-state index contributed by atoms with van der Waals surface area (Å²) in [5.41, 5.74) is 2.66. The molecule has 0 aromatic heterocycles. The number of hydrogen-bond acceptors (Lipinski definition) is 4. The molecule has 3 aromatic rings. The first kappa shape index (κ1) is 23.5. The Morgan fingerprint density at radius 1 is 0.938 bits per heavy atom. The van der Waals surface area contributed by atoms with Crippen molar-refractivity contribution in [2.45, 2.75) is 30.7 Å². The predicted molar refractivity (Wildman–Crippen MR) is 125 cm³/mol. The lowest BCUT2D eigenvalue weighted by atomic mass is 10.1. The summed E-state index contributed by atoms with van der Waals surface area (Å²) in [7, 11) is -2.38. The number of amides is 1. The summed E-state index contributed by atoms with van der Waals surface area (Å²) < 4.78 is 33.9. The van der Waals surface area contributed by atoms with Crippen LogP contribution in [0.1, 0.15) is 16.7 Å². The van der Waals surface area contributed by atoms with Crippen molar-refractivity contribution in [3.05, 3.63) is 95.6 Å². The molecular formula is C25H28N2O4S. The number of carbonyl (C=O) groups excluding carboxylic acids is 1. The molecule has 1 amide bonds. The van der Waals surface area contributed by atoms with Gasteiger partial charge in [0.2, 0.25) is 15.9 Å². The van der Waals surface area contributed by atoms with Crippen molar-refractivity contribution in [3.8, 4) is 5.75 Å². The summed E-state index contributed by atoms with van der Waals surface area (Å²) in [4.78, 5) is 13.0. The quantitative estimate of drug-likeness (QED) is 0.495. The molecule has 168 valence electrons. The summed E-state index contributed by atoms with van der Waals surface area (Å²) in [6.45, 7) is 2.19. The lowest BCUT2D eigenvalue weighted by molar-refractivity contribution is -0.122. The molecule has 1 atom stereocenters. The van der Waals surface area contributed by atoms with E-state index in [1.807, 2.05) is 60.7 Å². The topological polar surface area (TPSA) is 84.5 Å². The highest BCUT2D eigenvalue weighted by atomic mass is 32.2. The Hall–Kier alpha value is -3.16. The molecule has 0 bridgehead atoms. The van der Waals surface area contributed by atoms with Gasteiger partial charge in [0.1, 0.15) is 11.8 Å². The molecule has 0 unspecified atom stereocenters. The van der Waals surface area contributed by atoms with Crippen LogP contribution in [0, 0.1) is 6.92 Å². The SMILES string of the molecule is COc1ccc(S(=O)(=O)N[C@H](Cc2ccccc2)C(=O)NCCc2ccccc2)cc1C. The lowest BCUT2D eigenvalue weighted by Crippen LogP contribution is -2.48. The van der Waals surface area contributed by atoms with Crippen LogP contribution in [0.25, 0.3) is 0 Å². The predicted octanol–water partition coefficient (Wildman–Crippen LogP) is 3.25. The zero-order valence-electron chi connectivity index (χ0n) is 18.2. The standard InChI is InChI=1S/C25H28N2O4S/c1-19-17-22(13-14-24(19)31-2)32(29,30)27-23(18-21-11-7-4-8-12-21)25(28)26-16-15-20-9-5-3-6-10-20/h3-14,17,23,27H,15-16,18H2,1-2H3,(H,26,28)/t23-/m1/s1. The van der Waals surface area contributed by atoms with E-state index in [9.17, 15) is 13.2 Å². The average molecular weight is 453 g/mol. The van der Waals surface area contributed by atoms with Gasteiger partial charge in [-0.2, -0.15) is 4.72 Å². The molecule has 2 N–H and O–H groups in total. The average Bonchev–Trinajstić information content (AvgIpc) is 2.80. The minimum Gasteiger partial charge on any atom is -0.496 e. The molecule has 3 rings (SSSR count). The fourth-order valence-corrected chi connectivity index (χ4v) is 4.69. The first-order valence-electron chi connectivity index (χ1n) is 10.4. The van der Waals surface area contributed by atoms with Gasteiger partial charge in [-0.3, -0.25) is 4.79 Å². The lowest BCUT2D eigenvalue weighted by Gasteiger charge is -2.19. The number of aryl methyl sites for hydroxylation is 1. The van der Waals surface area contributed by atoms with Crippen LogP contribution in [0.4, 0.5) is 0 Å². The summed E-state index contributed by atoms with van der Waals surface area (Å²) >= 11 is 0. The molecular weight excluding hydrogens is 424 g/mol. The molecule has 0 spiro atoms. The van der Waals surface area contributed by atoms with Gasteiger partial charge in [0.25, 0.3) is 0 Å². The Morgan fingerprint density at radius 3 is 2.16 bits per heavy atom.